The summed E-state index contributed by atoms with van der Waals surface area (Å²) in [5.41, 5.74) is 3.28. The summed E-state index contributed by atoms with van der Waals surface area (Å²) in [6.45, 7) is 4.46. The number of fused-ring (bicyclic) bond motifs is 3. The summed E-state index contributed by atoms with van der Waals surface area (Å²) in [4.78, 5) is 3.29. The molecule has 1 aromatic carbocycles. The minimum atomic E-state index is -0.133. The van der Waals surface area contributed by atoms with Crippen LogP contribution >= 0.6 is 0 Å². The fourth-order valence-corrected chi connectivity index (χ4v) is 2.93. The lowest BCUT2D eigenvalue weighted by Gasteiger charge is -2.24. The molecule has 0 fully saturated rings. The van der Waals surface area contributed by atoms with Gasteiger partial charge in [-0.05, 0) is 36.3 Å². The standard InChI is InChI=1S/C14H16FN/c1-8-6-7-9(2)13-12(8)10-4-3-5-11(15)14(10)16-13/h3-5,8-9,16H,6-7H2,1-2H3. The molecule has 2 unspecified atom stereocenters. The SMILES string of the molecule is CC1CCC(C)c2c1[nH]c1c(F)cccc21. The summed E-state index contributed by atoms with van der Waals surface area (Å²) < 4.78 is 13.7. The van der Waals surface area contributed by atoms with E-state index in [1.807, 2.05) is 6.07 Å². The van der Waals surface area contributed by atoms with Crippen LogP contribution in [-0.4, -0.2) is 4.98 Å². The van der Waals surface area contributed by atoms with Crippen LogP contribution in [0.5, 0.6) is 0 Å². The second-order valence-corrected chi connectivity index (χ2v) is 4.99. The van der Waals surface area contributed by atoms with E-state index in [-0.39, 0.29) is 5.82 Å². The van der Waals surface area contributed by atoms with E-state index in [9.17, 15) is 4.39 Å². The van der Waals surface area contributed by atoms with Crippen LogP contribution in [0.25, 0.3) is 10.9 Å². The molecule has 0 spiro atoms. The van der Waals surface area contributed by atoms with Crippen LogP contribution in [-0.2, 0) is 0 Å². The Morgan fingerprint density at radius 3 is 2.75 bits per heavy atom. The fraction of sp³-hybridized carbons (Fsp3) is 0.429. The van der Waals surface area contributed by atoms with Gasteiger partial charge in [-0.15, -0.1) is 0 Å². The Kier molecular flexibility index (Phi) is 2.06. The van der Waals surface area contributed by atoms with Crippen LogP contribution in [0.2, 0.25) is 0 Å². The van der Waals surface area contributed by atoms with Crippen molar-refractivity contribution in [1.29, 1.82) is 0 Å². The van der Waals surface area contributed by atoms with Gasteiger partial charge in [-0.2, -0.15) is 0 Å². The third-order valence-electron chi connectivity index (χ3n) is 3.87. The molecule has 0 bridgehead atoms. The number of aromatic nitrogens is 1. The molecule has 0 saturated heterocycles. The molecular weight excluding hydrogens is 201 g/mol. The van der Waals surface area contributed by atoms with Gasteiger partial charge in [0.25, 0.3) is 0 Å². The van der Waals surface area contributed by atoms with Gasteiger partial charge in [0.15, 0.2) is 0 Å². The first-order chi connectivity index (χ1) is 7.68. The minimum absolute atomic E-state index is 0.133. The molecule has 1 heterocycles. The molecule has 0 saturated carbocycles. The number of hydrogen-bond donors (Lipinski definition) is 1. The van der Waals surface area contributed by atoms with Gasteiger partial charge in [0.05, 0.1) is 5.52 Å². The van der Waals surface area contributed by atoms with Crippen LogP contribution in [0.15, 0.2) is 18.2 Å². The zero-order valence-corrected chi connectivity index (χ0v) is 9.68. The highest BCUT2D eigenvalue weighted by Gasteiger charge is 2.26. The van der Waals surface area contributed by atoms with Gasteiger partial charge in [0, 0.05) is 11.1 Å². The lowest BCUT2D eigenvalue weighted by Crippen LogP contribution is -2.09. The van der Waals surface area contributed by atoms with Crippen LogP contribution in [0, 0.1) is 5.82 Å². The van der Waals surface area contributed by atoms with Gasteiger partial charge in [-0.3, -0.25) is 0 Å². The number of hydrogen-bond acceptors (Lipinski definition) is 0. The molecule has 1 aromatic heterocycles. The van der Waals surface area contributed by atoms with Crippen LogP contribution in [0.1, 0.15) is 49.8 Å². The smallest absolute Gasteiger partial charge is 0.147 e. The first-order valence-electron chi connectivity index (χ1n) is 5.98. The highest BCUT2D eigenvalue weighted by molar-refractivity contribution is 5.86. The Morgan fingerprint density at radius 1 is 1.19 bits per heavy atom. The number of halogens is 1. The number of benzene rings is 1. The molecule has 0 radical (unpaired) electrons. The Hall–Kier alpha value is -1.31. The van der Waals surface area contributed by atoms with Crippen molar-refractivity contribution in [3.8, 4) is 0 Å². The predicted octanol–water partition coefficient (Wildman–Crippen LogP) is 4.31. The maximum Gasteiger partial charge on any atom is 0.147 e. The molecule has 3 rings (SSSR count). The molecule has 84 valence electrons. The summed E-state index contributed by atoms with van der Waals surface area (Å²) >= 11 is 0. The van der Waals surface area contributed by atoms with Gasteiger partial charge in [-0.25, -0.2) is 4.39 Å². The summed E-state index contributed by atoms with van der Waals surface area (Å²) in [6.07, 6.45) is 2.40. The molecule has 0 aliphatic heterocycles. The van der Waals surface area contributed by atoms with Crippen molar-refractivity contribution in [3.63, 3.8) is 0 Å². The quantitative estimate of drug-likeness (QED) is 0.677. The molecule has 1 N–H and O–H groups in total. The highest BCUT2D eigenvalue weighted by Crippen LogP contribution is 2.42. The largest absolute Gasteiger partial charge is 0.356 e. The fourth-order valence-electron chi connectivity index (χ4n) is 2.93. The topological polar surface area (TPSA) is 15.8 Å². The van der Waals surface area contributed by atoms with E-state index in [0.717, 1.165) is 5.39 Å². The maximum atomic E-state index is 13.7. The van der Waals surface area contributed by atoms with Crippen LogP contribution in [0.4, 0.5) is 4.39 Å². The zero-order chi connectivity index (χ0) is 11.3. The van der Waals surface area contributed by atoms with Gasteiger partial charge in [0.1, 0.15) is 5.82 Å². The molecule has 0 amide bonds. The maximum absolute atomic E-state index is 13.7. The third-order valence-corrected chi connectivity index (χ3v) is 3.87. The van der Waals surface area contributed by atoms with E-state index in [1.165, 1.54) is 30.2 Å². The number of H-pyrrole nitrogens is 1. The van der Waals surface area contributed by atoms with Crippen LogP contribution < -0.4 is 0 Å². The third kappa shape index (κ3) is 1.22. The summed E-state index contributed by atoms with van der Waals surface area (Å²) in [7, 11) is 0. The highest BCUT2D eigenvalue weighted by atomic mass is 19.1. The van der Waals surface area contributed by atoms with Crippen molar-refractivity contribution in [3.05, 3.63) is 35.3 Å². The molecule has 2 aromatic rings. The van der Waals surface area contributed by atoms with Gasteiger partial charge in [-0.1, -0.05) is 26.0 Å². The first-order valence-corrected chi connectivity index (χ1v) is 5.98. The average Bonchev–Trinajstić information content (AvgIpc) is 2.66. The second-order valence-electron chi connectivity index (χ2n) is 4.99. The Bertz CT molecular complexity index is 541. The van der Waals surface area contributed by atoms with Gasteiger partial charge in [0.2, 0.25) is 0 Å². The van der Waals surface area contributed by atoms with Crippen LogP contribution in [0.3, 0.4) is 0 Å². The van der Waals surface area contributed by atoms with E-state index in [2.05, 4.69) is 18.8 Å². The van der Waals surface area contributed by atoms with Crippen molar-refractivity contribution >= 4 is 10.9 Å². The van der Waals surface area contributed by atoms with Crippen molar-refractivity contribution in [2.24, 2.45) is 0 Å². The summed E-state index contributed by atoms with van der Waals surface area (Å²) in [5.74, 6) is 0.936. The Balaban J connectivity index is 2.37. The van der Waals surface area contributed by atoms with E-state index >= 15 is 0 Å². The van der Waals surface area contributed by atoms with Crippen molar-refractivity contribution in [2.45, 2.75) is 38.5 Å². The molecule has 2 heteroatoms. The number of rotatable bonds is 0. The zero-order valence-electron chi connectivity index (χ0n) is 9.68. The van der Waals surface area contributed by atoms with E-state index < -0.39 is 0 Å². The Labute approximate surface area is 94.7 Å². The lowest BCUT2D eigenvalue weighted by molar-refractivity contribution is 0.523. The first kappa shape index (κ1) is 9.88. The number of nitrogens with one attached hydrogen (secondary N) is 1. The predicted molar refractivity (Wildman–Crippen MR) is 64.3 cm³/mol. The molecule has 16 heavy (non-hydrogen) atoms. The second kappa shape index (κ2) is 3.34. The van der Waals surface area contributed by atoms with Crippen molar-refractivity contribution in [2.75, 3.05) is 0 Å². The molecule has 1 nitrogen and oxygen atoms in total. The summed E-state index contributed by atoms with van der Waals surface area (Å²) in [6, 6.07) is 5.36. The lowest BCUT2D eigenvalue weighted by atomic mass is 9.81. The van der Waals surface area contributed by atoms with E-state index in [0.29, 0.717) is 17.4 Å². The normalized spacial score (nSPS) is 24.7. The average molecular weight is 217 g/mol. The Morgan fingerprint density at radius 2 is 1.94 bits per heavy atom. The van der Waals surface area contributed by atoms with Crippen molar-refractivity contribution in [1.82, 2.24) is 4.98 Å². The molecular formula is C14H16FN. The number of aromatic amines is 1. The minimum Gasteiger partial charge on any atom is -0.356 e. The molecule has 1 aliphatic rings. The van der Waals surface area contributed by atoms with Gasteiger partial charge >= 0.3 is 0 Å². The van der Waals surface area contributed by atoms with Gasteiger partial charge < -0.3 is 4.98 Å². The van der Waals surface area contributed by atoms with E-state index in [1.54, 1.807) is 6.07 Å². The van der Waals surface area contributed by atoms with E-state index in [4.69, 9.17) is 0 Å². The summed E-state index contributed by atoms with van der Waals surface area (Å²) in [5, 5.41) is 1.08. The monoisotopic (exact) mass is 217 g/mol. The molecule has 2 atom stereocenters. The number of para-hydroxylation sites is 1. The molecule has 1 aliphatic carbocycles. The van der Waals surface area contributed by atoms with Crippen molar-refractivity contribution < 1.29 is 4.39 Å².